The quantitative estimate of drug-likeness (QED) is 0.560. The molecule has 0 atom stereocenters. The summed E-state index contributed by atoms with van der Waals surface area (Å²) in [7, 11) is 0. The molecule has 1 aromatic heterocycles. The highest BCUT2D eigenvalue weighted by molar-refractivity contribution is 6.31. The van der Waals surface area contributed by atoms with E-state index in [1.165, 1.54) is 30.5 Å². The van der Waals surface area contributed by atoms with Crippen LogP contribution >= 0.6 is 11.6 Å². The molecule has 4 nitrogen and oxygen atoms in total. The molecule has 0 unspecified atom stereocenters. The Bertz CT molecular complexity index is 874. The molecule has 0 aliphatic heterocycles. The van der Waals surface area contributed by atoms with Gasteiger partial charge >= 0.3 is 0 Å². The second kappa shape index (κ2) is 7.10. The molecule has 0 saturated carbocycles. The van der Waals surface area contributed by atoms with Gasteiger partial charge in [-0.2, -0.15) is 5.10 Å². The largest absolute Gasteiger partial charge is 0.444 e. The first kappa shape index (κ1) is 16.0. The Labute approximate surface area is 142 Å². The highest BCUT2D eigenvalue weighted by Crippen LogP contribution is 2.27. The topological polar surface area (TPSA) is 54.6 Å². The van der Waals surface area contributed by atoms with Gasteiger partial charge in [-0.15, -0.1) is 0 Å². The summed E-state index contributed by atoms with van der Waals surface area (Å²) >= 11 is 6.03. The van der Waals surface area contributed by atoms with Gasteiger partial charge in [0.1, 0.15) is 11.6 Å². The Morgan fingerprint density at radius 2 is 1.83 bits per heavy atom. The van der Waals surface area contributed by atoms with Crippen molar-refractivity contribution in [3.63, 3.8) is 0 Å². The Balaban J connectivity index is 1.70. The number of rotatable bonds is 4. The number of hydrogen-bond donors (Lipinski definition) is 1. The van der Waals surface area contributed by atoms with E-state index in [1.807, 2.05) is 30.3 Å². The Morgan fingerprint density at radius 1 is 1.12 bits per heavy atom. The van der Waals surface area contributed by atoms with Crippen LogP contribution in [0.1, 0.15) is 15.9 Å². The van der Waals surface area contributed by atoms with E-state index in [-0.39, 0.29) is 5.22 Å². The first-order valence-electron chi connectivity index (χ1n) is 7.07. The molecular formula is C18H12ClFN2O2. The first-order chi connectivity index (χ1) is 11.6. The van der Waals surface area contributed by atoms with E-state index < -0.39 is 11.7 Å². The SMILES string of the molecule is O=C(N/N=C/c1cc(-c2ccccc2)oc1Cl)c1ccc(F)cc1. The summed E-state index contributed by atoms with van der Waals surface area (Å²) in [6, 6.07) is 16.4. The minimum absolute atomic E-state index is 0.175. The molecule has 1 heterocycles. The summed E-state index contributed by atoms with van der Waals surface area (Å²) in [6.45, 7) is 0. The molecule has 1 N–H and O–H groups in total. The predicted octanol–water partition coefficient (Wildman–Crippen LogP) is 4.50. The van der Waals surface area contributed by atoms with Crippen molar-refractivity contribution in [1.82, 2.24) is 5.43 Å². The lowest BCUT2D eigenvalue weighted by molar-refractivity contribution is 0.0955. The van der Waals surface area contributed by atoms with Crippen LogP contribution in [0.5, 0.6) is 0 Å². The van der Waals surface area contributed by atoms with Crippen molar-refractivity contribution in [2.45, 2.75) is 0 Å². The molecule has 0 saturated heterocycles. The Morgan fingerprint density at radius 3 is 2.54 bits per heavy atom. The lowest BCUT2D eigenvalue weighted by Crippen LogP contribution is -2.17. The number of furan rings is 1. The number of nitrogens with zero attached hydrogens (tertiary/aromatic N) is 1. The zero-order valence-electron chi connectivity index (χ0n) is 12.4. The second-order valence-corrected chi connectivity index (χ2v) is 5.26. The maximum atomic E-state index is 12.8. The summed E-state index contributed by atoms with van der Waals surface area (Å²) < 4.78 is 18.3. The van der Waals surface area contributed by atoms with Gasteiger partial charge in [0.05, 0.1) is 11.8 Å². The number of benzene rings is 2. The molecule has 1 amide bonds. The van der Waals surface area contributed by atoms with E-state index in [0.717, 1.165) is 5.56 Å². The minimum atomic E-state index is -0.450. The van der Waals surface area contributed by atoms with Crippen molar-refractivity contribution in [3.8, 4) is 11.3 Å². The van der Waals surface area contributed by atoms with E-state index in [9.17, 15) is 9.18 Å². The molecular weight excluding hydrogens is 331 g/mol. The van der Waals surface area contributed by atoms with Gasteiger partial charge in [-0.3, -0.25) is 4.79 Å². The molecule has 0 radical (unpaired) electrons. The van der Waals surface area contributed by atoms with Crippen LogP contribution in [0, 0.1) is 5.82 Å². The molecule has 3 aromatic rings. The summed E-state index contributed by atoms with van der Waals surface area (Å²) in [5, 5.41) is 4.02. The second-order valence-electron chi connectivity index (χ2n) is 4.91. The van der Waals surface area contributed by atoms with Gasteiger partial charge in [0.15, 0.2) is 0 Å². The van der Waals surface area contributed by atoms with E-state index in [2.05, 4.69) is 10.5 Å². The van der Waals surface area contributed by atoms with Crippen molar-refractivity contribution in [3.05, 3.63) is 82.8 Å². The van der Waals surface area contributed by atoms with Crippen LogP contribution in [0.3, 0.4) is 0 Å². The fraction of sp³-hybridized carbons (Fsp3) is 0. The van der Waals surface area contributed by atoms with E-state index >= 15 is 0 Å². The summed E-state index contributed by atoms with van der Waals surface area (Å²) in [5.41, 5.74) is 4.07. The molecule has 3 rings (SSSR count). The first-order valence-corrected chi connectivity index (χ1v) is 7.45. The molecule has 2 aromatic carbocycles. The fourth-order valence-electron chi connectivity index (χ4n) is 2.04. The lowest BCUT2D eigenvalue weighted by Gasteiger charge is -1.98. The maximum absolute atomic E-state index is 12.8. The molecule has 120 valence electrons. The number of nitrogens with one attached hydrogen (secondary N) is 1. The normalized spacial score (nSPS) is 10.9. The van der Waals surface area contributed by atoms with Crippen molar-refractivity contribution in [2.24, 2.45) is 5.10 Å². The Hall–Kier alpha value is -2.92. The standard InChI is InChI=1S/C18H12ClFN2O2/c19-17-14(10-16(24-17)12-4-2-1-3-5-12)11-21-22-18(23)13-6-8-15(20)9-7-13/h1-11H,(H,22,23)/b21-11+. The summed E-state index contributed by atoms with van der Waals surface area (Å²) in [6.07, 6.45) is 1.39. The monoisotopic (exact) mass is 342 g/mol. The van der Waals surface area contributed by atoms with Crippen molar-refractivity contribution < 1.29 is 13.6 Å². The number of carbonyl (C=O) groups is 1. The number of hydrogen-bond acceptors (Lipinski definition) is 3. The van der Waals surface area contributed by atoms with Crippen LogP contribution < -0.4 is 5.43 Å². The molecule has 0 fully saturated rings. The third-order valence-corrected chi connectivity index (χ3v) is 3.54. The summed E-state index contributed by atoms with van der Waals surface area (Å²) in [5.74, 6) is -0.255. The minimum Gasteiger partial charge on any atom is -0.444 e. The van der Waals surface area contributed by atoms with Crippen LogP contribution in [-0.2, 0) is 0 Å². The molecule has 24 heavy (non-hydrogen) atoms. The smallest absolute Gasteiger partial charge is 0.271 e. The average Bonchev–Trinajstić information content (AvgIpc) is 2.97. The number of carbonyl (C=O) groups excluding carboxylic acids is 1. The van der Waals surface area contributed by atoms with Gasteiger partial charge in [0.2, 0.25) is 5.22 Å². The molecule has 0 aliphatic carbocycles. The van der Waals surface area contributed by atoms with Gasteiger partial charge in [0.25, 0.3) is 5.91 Å². The fourth-order valence-corrected chi connectivity index (χ4v) is 2.23. The van der Waals surface area contributed by atoms with E-state index in [0.29, 0.717) is 16.9 Å². The Kier molecular flexibility index (Phi) is 4.72. The van der Waals surface area contributed by atoms with Gasteiger partial charge in [-0.05, 0) is 41.9 Å². The third-order valence-electron chi connectivity index (χ3n) is 3.25. The highest BCUT2D eigenvalue weighted by Gasteiger charge is 2.09. The summed E-state index contributed by atoms with van der Waals surface area (Å²) in [4.78, 5) is 11.9. The van der Waals surface area contributed by atoms with Crippen LogP contribution in [0.25, 0.3) is 11.3 Å². The van der Waals surface area contributed by atoms with E-state index in [1.54, 1.807) is 6.07 Å². The number of hydrazone groups is 1. The van der Waals surface area contributed by atoms with Crippen LogP contribution in [0.4, 0.5) is 4.39 Å². The van der Waals surface area contributed by atoms with Crippen LogP contribution in [0.15, 0.2) is 70.2 Å². The number of amides is 1. The lowest BCUT2D eigenvalue weighted by atomic mass is 10.1. The average molecular weight is 343 g/mol. The zero-order valence-corrected chi connectivity index (χ0v) is 13.1. The van der Waals surface area contributed by atoms with Gasteiger partial charge in [0, 0.05) is 11.1 Å². The van der Waals surface area contributed by atoms with E-state index in [4.69, 9.17) is 16.0 Å². The van der Waals surface area contributed by atoms with Crippen molar-refractivity contribution >= 4 is 23.7 Å². The highest BCUT2D eigenvalue weighted by atomic mass is 35.5. The molecule has 6 heteroatoms. The third kappa shape index (κ3) is 3.70. The van der Waals surface area contributed by atoms with Gasteiger partial charge in [-0.1, -0.05) is 30.3 Å². The molecule has 0 aliphatic rings. The number of halogens is 2. The van der Waals surface area contributed by atoms with Gasteiger partial charge in [-0.25, -0.2) is 9.82 Å². The van der Waals surface area contributed by atoms with Crippen LogP contribution in [0.2, 0.25) is 5.22 Å². The predicted molar refractivity (Wildman–Crippen MR) is 90.6 cm³/mol. The zero-order chi connectivity index (χ0) is 16.9. The molecule has 0 spiro atoms. The van der Waals surface area contributed by atoms with Crippen molar-refractivity contribution in [2.75, 3.05) is 0 Å². The molecule has 0 bridgehead atoms. The van der Waals surface area contributed by atoms with Crippen molar-refractivity contribution in [1.29, 1.82) is 0 Å². The van der Waals surface area contributed by atoms with Crippen LogP contribution in [-0.4, -0.2) is 12.1 Å². The van der Waals surface area contributed by atoms with Gasteiger partial charge < -0.3 is 4.42 Å². The maximum Gasteiger partial charge on any atom is 0.271 e.